The summed E-state index contributed by atoms with van der Waals surface area (Å²) in [5.41, 5.74) is 4.17. The normalized spacial score (nSPS) is 11.9. The highest BCUT2D eigenvalue weighted by Gasteiger charge is 2.11. The van der Waals surface area contributed by atoms with Crippen molar-refractivity contribution in [1.82, 2.24) is 14.9 Å². The molecule has 1 N–H and O–H groups in total. The zero-order valence-electron chi connectivity index (χ0n) is 22.8. The van der Waals surface area contributed by atoms with E-state index in [-0.39, 0.29) is 5.91 Å². The van der Waals surface area contributed by atoms with E-state index in [0.29, 0.717) is 24.6 Å². The van der Waals surface area contributed by atoms with Gasteiger partial charge < -0.3 is 19.4 Å². The average Bonchev–Trinajstić information content (AvgIpc) is 3.32. The number of ether oxygens (including phenoxy) is 2. The van der Waals surface area contributed by atoms with E-state index in [0.717, 1.165) is 67.0 Å². The van der Waals surface area contributed by atoms with Crippen LogP contribution in [0.3, 0.4) is 0 Å². The fraction of sp³-hybridized carbons (Fsp3) is 0.375. The van der Waals surface area contributed by atoms with Crippen LogP contribution in [0.5, 0.6) is 11.5 Å². The molecule has 4 rings (SSSR count). The van der Waals surface area contributed by atoms with Crippen molar-refractivity contribution in [2.45, 2.75) is 58.4 Å². The molecule has 0 radical (unpaired) electrons. The number of amides is 1. The Morgan fingerprint density at radius 1 is 0.947 bits per heavy atom. The molecule has 0 aliphatic rings. The van der Waals surface area contributed by atoms with Gasteiger partial charge in [0, 0.05) is 25.1 Å². The monoisotopic (exact) mass is 513 g/mol. The van der Waals surface area contributed by atoms with Crippen LogP contribution in [0.1, 0.15) is 67.2 Å². The third-order valence-corrected chi connectivity index (χ3v) is 7.05. The first-order valence-corrected chi connectivity index (χ1v) is 13.7. The summed E-state index contributed by atoms with van der Waals surface area (Å²) in [6, 6.07) is 23.9. The van der Waals surface area contributed by atoms with Gasteiger partial charge in [-0.3, -0.25) is 4.79 Å². The minimum absolute atomic E-state index is 0.0735. The smallest absolute Gasteiger partial charge is 0.251 e. The number of rotatable bonds is 14. The number of carbonyl (C=O) groups excluding carboxylic acids is 1. The fourth-order valence-electron chi connectivity index (χ4n) is 4.55. The van der Waals surface area contributed by atoms with Crippen LogP contribution >= 0.6 is 0 Å². The molecule has 1 atom stereocenters. The Morgan fingerprint density at radius 2 is 1.68 bits per heavy atom. The number of fused-ring (bicyclic) bond motifs is 1. The Kier molecular flexibility index (Phi) is 9.79. The second kappa shape index (κ2) is 13.7. The predicted octanol–water partition coefficient (Wildman–Crippen LogP) is 6.78. The molecule has 0 saturated heterocycles. The molecule has 0 spiro atoms. The van der Waals surface area contributed by atoms with E-state index in [1.807, 2.05) is 6.07 Å². The lowest BCUT2D eigenvalue weighted by Gasteiger charge is -2.12. The summed E-state index contributed by atoms with van der Waals surface area (Å²) in [6.45, 7) is 6.65. The van der Waals surface area contributed by atoms with E-state index in [1.54, 1.807) is 31.4 Å². The number of nitrogens with zero attached hydrogens (tertiary/aromatic N) is 2. The molecule has 1 aromatic heterocycles. The zero-order chi connectivity index (χ0) is 26.7. The maximum atomic E-state index is 12.4. The third-order valence-electron chi connectivity index (χ3n) is 7.05. The minimum atomic E-state index is -0.0735. The maximum Gasteiger partial charge on any atom is 0.251 e. The quantitative estimate of drug-likeness (QED) is 0.189. The van der Waals surface area contributed by atoms with E-state index in [2.05, 4.69) is 66.2 Å². The number of unbranched alkanes of at least 4 members (excludes halogenated alkanes) is 1. The lowest BCUT2D eigenvalue weighted by atomic mass is 9.99. The van der Waals surface area contributed by atoms with Gasteiger partial charge in [-0.1, -0.05) is 38.1 Å². The molecule has 0 bridgehead atoms. The van der Waals surface area contributed by atoms with Crippen LogP contribution < -0.4 is 14.8 Å². The minimum Gasteiger partial charge on any atom is -0.497 e. The number of benzene rings is 3. The summed E-state index contributed by atoms with van der Waals surface area (Å²) in [5.74, 6) is 3.24. The van der Waals surface area contributed by atoms with Gasteiger partial charge in [-0.2, -0.15) is 0 Å². The van der Waals surface area contributed by atoms with Crippen molar-refractivity contribution in [1.29, 1.82) is 0 Å². The molecule has 4 aromatic rings. The Morgan fingerprint density at radius 3 is 2.42 bits per heavy atom. The van der Waals surface area contributed by atoms with Gasteiger partial charge in [0.25, 0.3) is 5.91 Å². The first-order chi connectivity index (χ1) is 18.6. The molecule has 1 heterocycles. The number of hydrogen-bond acceptors (Lipinski definition) is 4. The Balaban J connectivity index is 1.26. The van der Waals surface area contributed by atoms with Crippen molar-refractivity contribution in [2.24, 2.45) is 0 Å². The lowest BCUT2D eigenvalue weighted by molar-refractivity contribution is 0.0953. The summed E-state index contributed by atoms with van der Waals surface area (Å²) in [6.07, 6.45) is 4.74. The molecule has 6 nitrogen and oxygen atoms in total. The molecule has 1 amide bonds. The molecule has 6 heteroatoms. The molecule has 3 aromatic carbocycles. The summed E-state index contributed by atoms with van der Waals surface area (Å²) >= 11 is 0. The van der Waals surface area contributed by atoms with Crippen LogP contribution in [0.25, 0.3) is 11.0 Å². The highest BCUT2D eigenvalue weighted by molar-refractivity contribution is 5.94. The summed E-state index contributed by atoms with van der Waals surface area (Å²) in [4.78, 5) is 17.3. The first kappa shape index (κ1) is 27.2. The van der Waals surface area contributed by atoms with Crippen LogP contribution in [0, 0.1) is 0 Å². The van der Waals surface area contributed by atoms with Crippen molar-refractivity contribution >= 4 is 16.9 Å². The van der Waals surface area contributed by atoms with Gasteiger partial charge in [0.05, 0.1) is 24.8 Å². The van der Waals surface area contributed by atoms with E-state index in [4.69, 9.17) is 14.5 Å². The van der Waals surface area contributed by atoms with Gasteiger partial charge in [-0.15, -0.1) is 0 Å². The number of nitrogens with one attached hydrogen (secondary N) is 1. The summed E-state index contributed by atoms with van der Waals surface area (Å²) in [5, 5.41) is 3.01. The second-order valence-electron chi connectivity index (χ2n) is 9.69. The Hall–Kier alpha value is -3.80. The highest BCUT2D eigenvalue weighted by atomic mass is 16.5. The van der Waals surface area contributed by atoms with Crippen LogP contribution in [-0.2, 0) is 13.0 Å². The summed E-state index contributed by atoms with van der Waals surface area (Å²) in [7, 11) is 1.61. The third kappa shape index (κ3) is 7.15. The molecule has 0 fully saturated rings. The van der Waals surface area contributed by atoms with Crippen LogP contribution in [0.2, 0.25) is 0 Å². The first-order valence-electron chi connectivity index (χ1n) is 13.7. The molecule has 200 valence electrons. The number of imidazole rings is 1. The number of aromatic nitrogens is 2. The lowest BCUT2D eigenvalue weighted by Crippen LogP contribution is -2.25. The van der Waals surface area contributed by atoms with Crippen molar-refractivity contribution in [2.75, 3.05) is 20.3 Å². The van der Waals surface area contributed by atoms with E-state index in [1.165, 1.54) is 5.56 Å². The number of carbonyl (C=O) groups is 1. The SMILES string of the molecule is CCC(C)c1ccc(OCCCCn2c(CCCNC(=O)c3ccc(OC)cc3)nc3ccccc32)cc1. The van der Waals surface area contributed by atoms with Gasteiger partial charge in [0.1, 0.15) is 17.3 Å². The van der Waals surface area contributed by atoms with Gasteiger partial charge in [0.2, 0.25) is 0 Å². The van der Waals surface area contributed by atoms with Gasteiger partial charge in [0.15, 0.2) is 0 Å². The molecule has 1 unspecified atom stereocenters. The Labute approximate surface area is 226 Å². The number of aryl methyl sites for hydroxylation is 2. The van der Waals surface area contributed by atoms with Gasteiger partial charge in [-0.05, 0) is 85.7 Å². The van der Waals surface area contributed by atoms with Crippen molar-refractivity contribution in [3.05, 3.63) is 89.7 Å². The molecule has 0 aliphatic carbocycles. The largest absolute Gasteiger partial charge is 0.497 e. The Bertz CT molecular complexity index is 1300. The molecule has 0 saturated carbocycles. The number of para-hydroxylation sites is 2. The number of hydrogen-bond donors (Lipinski definition) is 1. The predicted molar refractivity (Wildman–Crippen MR) is 153 cm³/mol. The highest BCUT2D eigenvalue weighted by Crippen LogP contribution is 2.22. The number of methoxy groups -OCH3 is 1. The van der Waals surface area contributed by atoms with Crippen molar-refractivity contribution < 1.29 is 14.3 Å². The van der Waals surface area contributed by atoms with Crippen molar-refractivity contribution in [3.63, 3.8) is 0 Å². The van der Waals surface area contributed by atoms with E-state index in [9.17, 15) is 4.79 Å². The van der Waals surface area contributed by atoms with Gasteiger partial charge in [-0.25, -0.2) is 4.98 Å². The van der Waals surface area contributed by atoms with Crippen LogP contribution in [-0.4, -0.2) is 35.7 Å². The van der Waals surface area contributed by atoms with E-state index < -0.39 is 0 Å². The average molecular weight is 514 g/mol. The molecule has 0 aliphatic heterocycles. The fourth-order valence-corrected chi connectivity index (χ4v) is 4.55. The van der Waals surface area contributed by atoms with Crippen LogP contribution in [0.15, 0.2) is 72.8 Å². The molecular weight excluding hydrogens is 474 g/mol. The van der Waals surface area contributed by atoms with E-state index >= 15 is 0 Å². The second-order valence-corrected chi connectivity index (χ2v) is 9.69. The maximum absolute atomic E-state index is 12.4. The standard InChI is InChI=1S/C32H39N3O3/c1-4-24(2)25-13-19-28(20-14-25)38-23-8-7-22-35-30-11-6-5-10-29(30)34-31(35)12-9-21-33-32(36)26-15-17-27(37-3)18-16-26/h5-6,10-11,13-20,24H,4,7-9,12,21-23H2,1-3H3,(H,33,36). The molecular formula is C32H39N3O3. The zero-order valence-corrected chi connectivity index (χ0v) is 22.8. The van der Waals surface area contributed by atoms with Gasteiger partial charge >= 0.3 is 0 Å². The topological polar surface area (TPSA) is 65.4 Å². The molecule has 38 heavy (non-hydrogen) atoms. The van der Waals surface area contributed by atoms with Crippen molar-refractivity contribution in [3.8, 4) is 11.5 Å². The van der Waals surface area contributed by atoms with Crippen LogP contribution in [0.4, 0.5) is 0 Å². The summed E-state index contributed by atoms with van der Waals surface area (Å²) < 4.78 is 13.5.